The van der Waals surface area contributed by atoms with Crippen LogP contribution in [0.2, 0.25) is 0 Å². The molecule has 0 fully saturated rings. The average molecular weight is 274 g/mol. The maximum atomic E-state index is 10.5. The summed E-state index contributed by atoms with van der Waals surface area (Å²) in [5.74, 6) is 0. The molecule has 104 valence electrons. The minimum Gasteiger partial charge on any atom is -0.330 e. The Balaban J connectivity index is 0.000000360. The van der Waals surface area contributed by atoms with Gasteiger partial charge in [0.15, 0.2) is 0 Å². The molecule has 5 nitrogen and oxygen atoms in total. The summed E-state index contributed by atoms with van der Waals surface area (Å²) in [6.45, 7) is 3.75. The lowest BCUT2D eigenvalue weighted by atomic mass is 10.2. The second-order valence-electron chi connectivity index (χ2n) is 4.23. The van der Waals surface area contributed by atoms with E-state index in [1.54, 1.807) is 12.1 Å². The van der Waals surface area contributed by atoms with E-state index in [-0.39, 0.29) is 4.90 Å². The predicted octanol–water partition coefficient (Wildman–Crippen LogP) is 1.14. The Morgan fingerprint density at radius 3 is 2.00 bits per heavy atom. The zero-order chi connectivity index (χ0) is 14.2. The van der Waals surface area contributed by atoms with Crippen LogP contribution in [0, 0.1) is 6.92 Å². The maximum Gasteiger partial charge on any atom is 0.294 e. The highest BCUT2D eigenvalue weighted by atomic mass is 32.2. The van der Waals surface area contributed by atoms with Crippen LogP contribution in [-0.4, -0.2) is 45.1 Å². The van der Waals surface area contributed by atoms with Crippen molar-refractivity contribution in [2.45, 2.75) is 18.2 Å². The molecule has 0 saturated carbocycles. The Morgan fingerprint density at radius 2 is 1.72 bits per heavy atom. The normalized spacial score (nSPS) is 11.0. The van der Waals surface area contributed by atoms with E-state index in [9.17, 15) is 8.42 Å². The Hall–Kier alpha value is -0.950. The highest BCUT2D eigenvalue weighted by Crippen LogP contribution is 2.08. The summed E-state index contributed by atoms with van der Waals surface area (Å²) in [6, 6.07) is 5.99. The Bertz CT molecular complexity index is 427. The Kier molecular flexibility index (Phi) is 7.77. The van der Waals surface area contributed by atoms with Crippen molar-refractivity contribution in [3.8, 4) is 0 Å². The van der Waals surface area contributed by atoms with Crippen molar-refractivity contribution in [3.05, 3.63) is 29.8 Å². The molecule has 0 unspecified atom stereocenters. The third kappa shape index (κ3) is 8.19. The summed E-state index contributed by atoms with van der Waals surface area (Å²) in [4.78, 5) is 2.07. The minimum absolute atomic E-state index is 0.0666. The number of aryl methyl sites for hydroxylation is 1. The van der Waals surface area contributed by atoms with Gasteiger partial charge < -0.3 is 10.6 Å². The van der Waals surface area contributed by atoms with Gasteiger partial charge in [-0.25, -0.2) is 0 Å². The van der Waals surface area contributed by atoms with Gasteiger partial charge in [0.1, 0.15) is 0 Å². The number of rotatable bonds is 4. The van der Waals surface area contributed by atoms with Crippen molar-refractivity contribution in [2.75, 3.05) is 27.2 Å². The lowest BCUT2D eigenvalue weighted by Crippen LogP contribution is -2.16. The van der Waals surface area contributed by atoms with Crippen molar-refractivity contribution < 1.29 is 13.0 Å². The molecule has 0 amide bonds. The van der Waals surface area contributed by atoms with Gasteiger partial charge in [-0.05, 0) is 52.7 Å². The molecule has 0 atom stereocenters. The summed E-state index contributed by atoms with van der Waals surface area (Å²) in [5.41, 5.74) is 6.21. The molecule has 0 aliphatic carbocycles. The fourth-order valence-corrected chi connectivity index (χ4v) is 1.60. The van der Waals surface area contributed by atoms with E-state index in [2.05, 4.69) is 19.0 Å². The van der Waals surface area contributed by atoms with E-state index >= 15 is 0 Å². The molecule has 18 heavy (non-hydrogen) atoms. The number of nitrogens with two attached hydrogens (primary N) is 1. The van der Waals surface area contributed by atoms with Crippen molar-refractivity contribution in [3.63, 3.8) is 0 Å². The van der Waals surface area contributed by atoms with Crippen molar-refractivity contribution in [1.82, 2.24) is 4.90 Å². The third-order valence-corrected chi connectivity index (χ3v) is 3.00. The van der Waals surface area contributed by atoms with Gasteiger partial charge in [-0.15, -0.1) is 0 Å². The highest BCUT2D eigenvalue weighted by Gasteiger charge is 2.06. The van der Waals surface area contributed by atoms with Crippen LogP contribution in [0.1, 0.15) is 12.0 Å². The molecule has 0 saturated heterocycles. The summed E-state index contributed by atoms with van der Waals surface area (Å²) in [5, 5.41) is 0. The van der Waals surface area contributed by atoms with Gasteiger partial charge in [-0.3, -0.25) is 4.55 Å². The molecule has 1 rings (SSSR count). The molecule has 6 heteroatoms. The monoisotopic (exact) mass is 274 g/mol. The summed E-state index contributed by atoms with van der Waals surface area (Å²) in [7, 11) is 0.0829. The fraction of sp³-hybridized carbons (Fsp3) is 0.500. The molecular formula is C12H22N2O3S. The average Bonchev–Trinajstić information content (AvgIpc) is 2.26. The zero-order valence-electron chi connectivity index (χ0n) is 11.1. The van der Waals surface area contributed by atoms with E-state index in [1.165, 1.54) is 12.1 Å². The lowest BCUT2D eigenvalue weighted by Gasteiger charge is -2.05. The van der Waals surface area contributed by atoms with Gasteiger partial charge in [0.25, 0.3) is 10.1 Å². The van der Waals surface area contributed by atoms with Gasteiger partial charge in [0, 0.05) is 0 Å². The quantitative estimate of drug-likeness (QED) is 0.804. The predicted molar refractivity (Wildman–Crippen MR) is 73.2 cm³/mol. The van der Waals surface area contributed by atoms with E-state index < -0.39 is 10.1 Å². The molecule has 1 aromatic carbocycles. The first-order valence-electron chi connectivity index (χ1n) is 5.66. The molecule has 0 aromatic heterocycles. The lowest BCUT2D eigenvalue weighted by molar-refractivity contribution is 0.403. The van der Waals surface area contributed by atoms with Gasteiger partial charge in [-0.1, -0.05) is 17.7 Å². The molecular weight excluding hydrogens is 252 g/mol. The largest absolute Gasteiger partial charge is 0.330 e. The summed E-state index contributed by atoms with van der Waals surface area (Å²) < 4.78 is 29.6. The molecule has 3 N–H and O–H groups in total. The first-order valence-corrected chi connectivity index (χ1v) is 7.10. The van der Waals surface area contributed by atoms with Crippen LogP contribution in [0.3, 0.4) is 0 Å². The molecule has 1 aromatic rings. The van der Waals surface area contributed by atoms with Crippen LogP contribution in [0.15, 0.2) is 29.2 Å². The van der Waals surface area contributed by atoms with E-state index in [1.807, 2.05) is 6.92 Å². The number of hydrogen-bond donors (Lipinski definition) is 2. The molecule has 0 aliphatic rings. The number of nitrogens with zero attached hydrogens (tertiary/aromatic N) is 1. The highest BCUT2D eigenvalue weighted by molar-refractivity contribution is 7.85. The number of benzene rings is 1. The smallest absolute Gasteiger partial charge is 0.294 e. The summed E-state index contributed by atoms with van der Waals surface area (Å²) in [6.07, 6.45) is 1.10. The summed E-state index contributed by atoms with van der Waals surface area (Å²) >= 11 is 0. The molecule has 0 bridgehead atoms. The van der Waals surface area contributed by atoms with Crippen LogP contribution in [-0.2, 0) is 10.1 Å². The van der Waals surface area contributed by atoms with Gasteiger partial charge in [-0.2, -0.15) is 8.42 Å². The SMILES string of the molecule is CN(C)CCCN.Cc1ccc(S(=O)(=O)O)cc1. The second-order valence-corrected chi connectivity index (χ2v) is 5.66. The van der Waals surface area contributed by atoms with Crippen LogP contribution in [0.4, 0.5) is 0 Å². The molecule has 0 aliphatic heterocycles. The Morgan fingerprint density at radius 1 is 1.22 bits per heavy atom. The first-order chi connectivity index (χ1) is 8.27. The van der Waals surface area contributed by atoms with Crippen molar-refractivity contribution in [2.24, 2.45) is 5.73 Å². The van der Waals surface area contributed by atoms with Crippen LogP contribution in [0.5, 0.6) is 0 Å². The van der Waals surface area contributed by atoms with Gasteiger partial charge in [0.2, 0.25) is 0 Å². The van der Waals surface area contributed by atoms with Crippen molar-refractivity contribution in [1.29, 1.82) is 0 Å². The maximum absolute atomic E-state index is 10.5. The third-order valence-electron chi connectivity index (χ3n) is 2.13. The van der Waals surface area contributed by atoms with Gasteiger partial charge >= 0.3 is 0 Å². The van der Waals surface area contributed by atoms with Crippen LogP contribution < -0.4 is 5.73 Å². The number of hydrogen-bond acceptors (Lipinski definition) is 4. The van der Waals surface area contributed by atoms with Crippen LogP contribution in [0.25, 0.3) is 0 Å². The van der Waals surface area contributed by atoms with E-state index in [4.69, 9.17) is 10.3 Å². The van der Waals surface area contributed by atoms with E-state index in [0.29, 0.717) is 0 Å². The second kappa shape index (κ2) is 8.20. The Labute approximate surface area is 109 Å². The zero-order valence-corrected chi connectivity index (χ0v) is 11.9. The van der Waals surface area contributed by atoms with Crippen molar-refractivity contribution >= 4 is 10.1 Å². The van der Waals surface area contributed by atoms with E-state index in [0.717, 1.165) is 25.1 Å². The molecule has 0 radical (unpaired) electrons. The molecule has 0 spiro atoms. The topological polar surface area (TPSA) is 83.6 Å². The molecule has 0 heterocycles. The van der Waals surface area contributed by atoms with Gasteiger partial charge in [0.05, 0.1) is 4.90 Å². The first kappa shape index (κ1) is 17.1. The fourth-order valence-electron chi connectivity index (χ4n) is 1.12. The minimum atomic E-state index is -4.02. The van der Waals surface area contributed by atoms with Crippen LogP contribution >= 0.6 is 0 Å². The standard InChI is InChI=1S/C7H8O3S.C5H14N2/c1-6-2-4-7(5-3-6)11(8,9)10;1-7(2)5-3-4-6/h2-5H,1H3,(H,8,9,10);3-6H2,1-2H3.